The van der Waals surface area contributed by atoms with Crippen LogP contribution < -0.4 is 11.5 Å². The Kier molecular flexibility index (Phi) is 8.32. The number of nitriles is 1. The number of halogens is 1. The number of aliphatic imine (C=N–C) groups is 1. The molecule has 0 amide bonds. The molecule has 1 fully saturated rings. The van der Waals surface area contributed by atoms with E-state index in [2.05, 4.69) is 28.0 Å². The summed E-state index contributed by atoms with van der Waals surface area (Å²) in [6.07, 6.45) is 3.83. The second-order valence-electron chi connectivity index (χ2n) is 7.60. The summed E-state index contributed by atoms with van der Waals surface area (Å²) < 4.78 is 1.64. The van der Waals surface area contributed by atoms with Crippen LogP contribution in [0.2, 0.25) is 0 Å². The predicted molar refractivity (Wildman–Crippen MR) is 128 cm³/mol. The van der Waals surface area contributed by atoms with E-state index in [1.54, 1.807) is 4.68 Å². The first-order chi connectivity index (χ1) is 13.5. The van der Waals surface area contributed by atoms with Gasteiger partial charge in [0.1, 0.15) is 17.5 Å². The number of nitrogens with two attached hydrogens (primary N) is 2. The fourth-order valence-electron chi connectivity index (χ4n) is 3.60. The zero-order valence-corrected chi connectivity index (χ0v) is 19.5. The minimum atomic E-state index is 0. The molecule has 3 rings (SSSR count). The Morgan fingerprint density at radius 1 is 1.34 bits per heavy atom. The molecule has 1 aliphatic heterocycles. The number of rotatable bonds is 5. The molecule has 0 aliphatic carbocycles. The van der Waals surface area contributed by atoms with Gasteiger partial charge in [-0.3, -0.25) is 4.99 Å². The summed E-state index contributed by atoms with van der Waals surface area (Å²) >= 11 is 0. The summed E-state index contributed by atoms with van der Waals surface area (Å²) in [6.45, 7) is 6.84. The molecule has 4 N–H and O–H groups in total. The number of likely N-dealkylation sites (tertiary alicyclic amines) is 1. The van der Waals surface area contributed by atoms with E-state index < -0.39 is 0 Å². The molecule has 2 aromatic rings. The maximum atomic E-state index is 9.51. The molecule has 29 heavy (non-hydrogen) atoms. The zero-order valence-electron chi connectivity index (χ0n) is 17.1. The average molecular weight is 507 g/mol. The number of guanidine groups is 1. The van der Waals surface area contributed by atoms with E-state index in [4.69, 9.17) is 11.5 Å². The van der Waals surface area contributed by atoms with Crippen molar-refractivity contribution in [3.8, 4) is 11.8 Å². The lowest BCUT2D eigenvalue weighted by Gasteiger charge is -2.31. The lowest BCUT2D eigenvalue weighted by Crippen LogP contribution is -2.43. The Hall–Kier alpha value is -2.28. The molecule has 1 aromatic carbocycles. The number of aryl methyl sites for hydroxylation is 2. The molecule has 8 heteroatoms. The van der Waals surface area contributed by atoms with Crippen molar-refractivity contribution in [1.82, 2.24) is 14.7 Å². The molecule has 0 bridgehead atoms. The fourth-order valence-corrected chi connectivity index (χ4v) is 3.60. The molecule has 1 aromatic heterocycles. The second-order valence-corrected chi connectivity index (χ2v) is 7.60. The van der Waals surface area contributed by atoms with E-state index in [0.717, 1.165) is 30.8 Å². The van der Waals surface area contributed by atoms with Crippen LogP contribution in [0.25, 0.3) is 5.69 Å². The van der Waals surface area contributed by atoms with Crippen molar-refractivity contribution in [2.75, 3.05) is 25.4 Å². The van der Waals surface area contributed by atoms with Gasteiger partial charge in [-0.2, -0.15) is 10.4 Å². The monoisotopic (exact) mass is 507 g/mol. The fraction of sp³-hybridized carbons (Fsp3) is 0.476. The average Bonchev–Trinajstić information content (AvgIpc) is 3.01. The Morgan fingerprint density at radius 2 is 2.07 bits per heavy atom. The van der Waals surface area contributed by atoms with E-state index >= 15 is 0 Å². The Balaban J connectivity index is 0.00000300. The topological polar surface area (TPSA) is 109 Å². The van der Waals surface area contributed by atoms with Gasteiger partial charge in [-0.1, -0.05) is 24.6 Å². The lowest BCUT2D eigenvalue weighted by molar-refractivity contribution is 0.270. The maximum Gasteiger partial charge on any atom is 0.191 e. The minimum absolute atomic E-state index is 0. The van der Waals surface area contributed by atoms with Crippen LogP contribution in [0.3, 0.4) is 0 Å². The maximum absolute atomic E-state index is 9.51. The van der Waals surface area contributed by atoms with Crippen LogP contribution in [0.15, 0.2) is 29.3 Å². The van der Waals surface area contributed by atoms with Crippen molar-refractivity contribution < 1.29 is 0 Å². The summed E-state index contributed by atoms with van der Waals surface area (Å²) in [4.78, 5) is 6.69. The summed E-state index contributed by atoms with van der Waals surface area (Å²) in [5, 5.41) is 14.1. The highest BCUT2D eigenvalue weighted by molar-refractivity contribution is 14.0. The normalized spacial score (nSPS) is 16.9. The van der Waals surface area contributed by atoms with Gasteiger partial charge in [-0.05, 0) is 50.7 Å². The van der Waals surface area contributed by atoms with E-state index in [0.29, 0.717) is 41.9 Å². The predicted octanol–water partition coefficient (Wildman–Crippen LogP) is 3.23. The van der Waals surface area contributed by atoms with Crippen LogP contribution in [0.4, 0.5) is 5.82 Å². The van der Waals surface area contributed by atoms with Gasteiger partial charge in [-0.15, -0.1) is 24.0 Å². The van der Waals surface area contributed by atoms with E-state index in [9.17, 15) is 5.26 Å². The second kappa shape index (κ2) is 10.5. The number of hydrogen-bond donors (Lipinski definition) is 2. The number of nitrogen functional groups attached to an aromatic ring is 1. The van der Waals surface area contributed by atoms with Gasteiger partial charge in [0.2, 0.25) is 0 Å². The van der Waals surface area contributed by atoms with E-state index in [1.807, 2.05) is 31.2 Å². The summed E-state index contributed by atoms with van der Waals surface area (Å²) in [5.74, 6) is 1.66. The number of benzene rings is 1. The van der Waals surface area contributed by atoms with Crippen molar-refractivity contribution in [3.63, 3.8) is 0 Å². The third-order valence-electron chi connectivity index (χ3n) is 5.21. The molecule has 7 nitrogen and oxygen atoms in total. The standard InChI is InChI=1S/C21H29N7.HI/c1-15-7-9-17(10-8-15)28-20(23)18(13-22)19(26-28)6-3-11-25-21(24)27-12-4-5-16(2)14-27;/h7-10,16H,3-6,11-12,14,23H2,1-2H3,(H2,24,25);1H. The molecular weight excluding hydrogens is 477 g/mol. The van der Waals surface area contributed by atoms with Gasteiger partial charge in [0.15, 0.2) is 5.96 Å². The van der Waals surface area contributed by atoms with Crippen LogP contribution in [0, 0.1) is 24.2 Å². The molecule has 1 atom stereocenters. The highest BCUT2D eigenvalue weighted by Gasteiger charge is 2.18. The lowest BCUT2D eigenvalue weighted by atomic mass is 10.0. The Morgan fingerprint density at radius 3 is 2.72 bits per heavy atom. The van der Waals surface area contributed by atoms with Crippen molar-refractivity contribution in [1.29, 1.82) is 5.26 Å². The number of aromatic nitrogens is 2. The first-order valence-electron chi connectivity index (χ1n) is 9.89. The molecule has 0 radical (unpaired) electrons. The van der Waals surface area contributed by atoms with Gasteiger partial charge in [0.25, 0.3) is 0 Å². The van der Waals surface area contributed by atoms with Gasteiger partial charge < -0.3 is 16.4 Å². The van der Waals surface area contributed by atoms with Crippen molar-refractivity contribution in [3.05, 3.63) is 41.1 Å². The Labute approximate surface area is 189 Å². The van der Waals surface area contributed by atoms with Gasteiger partial charge in [-0.25, -0.2) is 4.68 Å². The molecule has 1 aliphatic rings. The molecule has 0 saturated carbocycles. The number of anilines is 1. The summed E-state index contributed by atoms with van der Waals surface area (Å²) in [6, 6.07) is 10.1. The van der Waals surface area contributed by atoms with Crippen LogP contribution in [0.5, 0.6) is 0 Å². The first kappa shape index (κ1) is 23.0. The summed E-state index contributed by atoms with van der Waals surface area (Å²) in [5.41, 5.74) is 15.5. The van der Waals surface area contributed by atoms with Gasteiger partial charge in [0, 0.05) is 19.6 Å². The molecule has 0 spiro atoms. The molecule has 1 unspecified atom stereocenters. The highest BCUT2D eigenvalue weighted by Crippen LogP contribution is 2.22. The van der Waals surface area contributed by atoms with Crippen LogP contribution >= 0.6 is 24.0 Å². The van der Waals surface area contributed by atoms with Crippen LogP contribution in [-0.2, 0) is 6.42 Å². The Bertz CT molecular complexity index is 880. The molecule has 2 heterocycles. The van der Waals surface area contributed by atoms with Crippen molar-refractivity contribution in [2.45, 2.75) is 39.5 Å². The van der Waals surface area contributed by atoms with E-state index in [1.165, 1.54) is 12.8 Å². The van der Waals surface area contributed by atoms with E-state index in [-0.39, 0.29) is 24.0 Å². The highest BCUT2D eigenvalue weighted by atomic mass is 127. The quantitative estimate of drug-likeness (QED) is 0.280. The SMILES string of the molecule is Cc1ccc(-n2nc(CCCN=C(N)N3CCCC(C)C3)c(C#N)c2N)cc1.I. The van der Waals surface area contributed by atoms with Crippen molar-refractivity contribution in [2.24, 2.45) is 16.6 Å². The smallest absolute Gasteiger partial charge is 0.191 e. The van der Waals surface area contributed by atoms with Crippen molar-refractivity contribution >= 4 is 35.8 Å². The molecule has 1 saturated heterocycles. The number of nitrogens with zero attached hydrogens (tertiary/aromatic N) is 5. The third kappa shape index (κ3) is 5.63. The first-order valence-corrected chi connectivity index (χ1v) is 9.89. The minimum Gasteiger partial charge on any atom is -0.382 e. The number of piperidine rings is 1. The van der Waals surface area contributed by atoms with Gasteiger partial charge >= 0.3 is 0 Å². The zero-order chi connectivity index (χ0) is 20.1. The summed E-state index contributed by atoms with van der Waals surface area (Å²) in [7, 11) is 0. The van der Waals surface area contributed by atoms with Gasteiger partial charge in [0.05, 0.1) is 11.4 Å². The number of hydrogen-bond acceptors (Lipinski definition) is 4. The molecular formula is C21H30IN7. The third-order valence-corrected chi connectivity index (χ3v) is 5.21. The van der Waals surface area contributed by atoms with Crippen LogP contribution in [-0.4, -0.2) is 40.3 Å². The van der Waals surface area contributed by atoms with Crippen LogP contribution in [0.1, 0.15) is 43.0 Å². The molecule has 156 valence electrons. The largest absolute Gasteiger partial charge is 0.382 e.